The van der Waals surface area contributed by atoms with Crippen molar-refractivity contribution < 1.29 is 0 Å². The van der Waals surface area contributed by atoms with Gasteiger partial charge in [0.05, 0.1) is 10.4 Å². The topological polar surface area (TPSA) is 45.8 Å². The van der Waals surface area contributed by atoms with Crippen molar-refractivity contribution >= 4 is 71.5 Å². The van der Waals surface area contributed by atoms with E-state index in [9.17, 15) is 4.79 Å². The second-order valence-electron chi connectivity index (χ2n) is 5.11. The van der Waals surface area contributed by atoms with Crippen LogP contribution in [0.2, 0.25) is 0 Å². The molecule has 0 amide bonds. The van der Waals surface area contributed by atoms with Gasteiger partial charge in [-0.05, 0) is 52.9 Å². The highest BCUT2D eigenvalue weighted by Gasteiger charge is 2.21. The van der Waals surface area contributed by atoms with Gasteiger partial charge in [0.15, 0.2) is 5.82 Å². The standard InChI is InChI=1S/C15H10BrClN2OS2/c16-7-4-8(21-6-7)5-10(17)13-18-14(20)12-9-2-1-3-11(9)22-15(12)19-13/h4-6H,1-3H2,(H,18,19,20)/b10-5-. The van der Waals surface area contributed by atoms with Crippen LogP contribution in [0, 0.1) is 0 Å². The van der Waals surface area contributed by atoms with E-state index in [2.05, 4.69) is 25.9 Å². The number of halogens is 2. The molecule has 0 aromatic carbocycles. The molecule has 3 nitrogen and oxygen atoms in total. The predicted octanol–water partition coefficient (Wildman–Crippen LogP) is 5.03. The maximum atomic E-state index is 12.4. The van der Waals surface area contributed by atoms with Crippen LogP contribution >= 0.6 is 50.2 Å². The molecule has 0 saturated heterocycles. The Morgan fingerprint density at radius 1 is 1.45 bits per heavy atom. The van der Waals surface area contributed by atoms with E-state index < -0.39 is 0 Å². The first-order valence-corrected chi connectivity index (χ1v) is 9.64. The van der Waals surface area contributed by atoms with Gasteiger partial charge in [-0.1, -0.05) is 11.6 Å². The predicted molar refractivity (Wildman–Crippen MR) is 98.0 cm³/mol. The molecule has 1 aliphatic rings. The van der Waals surface area contributed by atoms with Gasteiger partial charge in [0.1, 0.15) is 4.83 Å². The fourth-order valence-corrected chi connectivity index (χ4v) is 5.62. The van der Waals surface area contributed by atoms with Crippen molar-refractivity contribution in [1.82, 2.24) is 9.97 Å². The summed E-state index contributed by atoms with van der Waals surface area (Å²) in [5.74, 6) is 0.434. The van der Waals surface area contributed by atoms with Gasteiger partial charge in [-0.3, -0.25) is 4.79 Å². The molecule has 0 fully saturated rings. The zero-order valence-corrected chi connectivity index (χ0v) is 15.3. The molecule has 22 heavy (non-hydrogen) atoms. The van der Waals surface area contributed by atoms with Crippen molar-refractivity contribution in [2.24, 2.45) is 0 Å². The van der Waals surface area contributed by atoms with Crippen molar-refractivity contribution in [3.05, 3.63) is 47.4 Å². The Morgan fingerprint density at radius 3 is 3.09 bits per heavy atom. The number of aryl methyl sites for hydroxylation is 2. The Bertz CT molecular complexity index is 970. The first-order chi connectivity index (χ1) is 10.6. The molecular formula is C15H10BrClN2OS2. The smallest absolute Gasteiger partial charge is 0.260 e. The summed E-state index contributed by atoms with van der Waals surface area (Å²) in [7, 11) is 0. The third kappa shape index (κ3) is 2.48. The average molecular weight is 414 g/mol. The van der Waals surface area contributed by atoms with Crippen LogP contribution in [-0.2, 0) is 12.8 Å². The summed E-state index contributed by atoms with van der Waals surface area (Å²) in [6.07, 6.45) is 4.98. The molecule has 0 atom stereocenters. The summed E-state index contributed by atoms with van der Waals surface area (Å²) in [5, 5.41) is 3.19. The molecule has 3 heterocycles. The summed E-state index contributed by atoms with van der Waals surface area (Å²) in [4.78, 5) is 22.9. The molecule has 1 aliphatic carbocycles. The van der Waals surface area contributed by atoms with E-state index in [-0.39, 0.29) is 5.56 Å². The second-order valence-corrected chi connectivity index (χ2v) is 8.46. The van der Waals surface area contributed by atoms with E-state index in [4.69, 9.17) is 11.6 Å². The summed E-state index contributed by atoms with van der Waals surface area (Å²) in [5.41, 5.74) is 1.10. The Morgan fingerprint density at radius 2 is 2.32 bits per heavy atom. The van der Waals surface area contributed by atoms with Gasteiger partial charge in [-0.2, -0.15) is 0 Å². The highest BCUT2D eigenvalue weighted by atomic mass is 79.9. The number of hydrogen-bond acceptors (Lipinski definition) is 4. The number of aromatic nitrogens is 2. The van der Waals surface area contributed by atoms with E-state index in [0.29, 0.717) is 10.9 Å². The SMILES string of the molecule is O=c1[nH]c(/C(Cl)=C/c2cc(Br)cs2)nc2sc3c(c12)CCC3. The van der Waals surface area contributed by atoms with Crippen LogP contribution in [0.25, 0.3) is 21.3 Å². The molecule has 3 aromatic rings. The zero-order valence-electron chi connectivity index (χ0n) is 11.3. The van der Waals surface area contributed by atoms with Crippen molar-refractivity contribution in [2.75, 3.05) is 0 Å². The van der Waals surface area contributed by atoms with Crippen LogP contribution in [0.3, 0.4) is 0 Å². The minimum atomic E-state index is -0.0849. The first-order valence-electron chi connectivity index (χ1n) is 6.78. The lowest BCUT2D eigenvalue weighted by atomic mass is 10.2. The maximum Gasteiger partial charge on any atom is 0.260 e. The Hall–Kier alpha value is -0.950. The van der Waals surface area contributed by atoms with Gasteiger partial charge in [0.25, 0.3) is 5.56 Å². The maximum absolute atomic E-state index is 12.4. The lowest BCUT2D eigenvalue weighted by molar-refractivity contribution is 0.916. The minimum absolute atomic E-state index is 0.0849. The third-order valence-electron chi connectivity index (χ3n) is 3.66. The molecule has 0 spiro atoms. The molecular weight excluding hydrogens is 404 g/mol. The number of nitrogens with one attached hydrogen (secondary N) is 1. The molecule has 0 aliphatic heterocycles. The molecule has 0 saturated carbocycles. The number of H-pyrrole nitrogens is 1. The Kier molecular flexibility index (Phi) is 3.72. The molecule has 0 unspecified atom stereocenters. The normalized spacial score (nSPS) is 14.7. The van der Waals surface area contributed by atoms with E-state index in [1.165, 1.54) is 10.4 Å². The van der Waals surface area contributed by atoms with E-state index in [1.54, 1.807) is 22.7 Å². The van der Waals surface area contributed by atoms with Gasteiger partial charge in [0, 0.05) is 19.6 Å². The van der Waals surface area contributed by atoms with Crippen molar-refractivity contribution in [3.8, 4) is 0 Å². The van der Waals surface area contributed by atoms with Crippen molar-refractivity contribution in [1.29, 1.82) is 0 Å². The van der Waals surface area contributed by atoms with Gasteiger partial charge < -0.3 is 4.98 Å². The first kappa shape index (κ1) is 14.6. The van der Waals surface area contributed by atoms with Gasteiger partial charge in [-0.25, -0.2) is 4.98 Å². The molecule has 0 bridgehead atoms. The fraction of sp³-hybridized carbons (Fsp3) is 0.200. The number of thiophene rings is 2. The van der Waals surface area contributed by atoms with Crippen LogP contribution < -0.4 is 5.56 Å². The lowest BCUT2D eigenvalue weighted by Crippen LogP contribution is -2.10. The van der Waals surface area contributed by atoms with Crippen LogP contribution in [-0.4, -0.2) is 9.97 Å². The van der Waals surface area contributed by atoms with Crippen molar-refractivity contribution in [2.45, 2.75) is 19.3 Å². The number of fused-ring (bicyclic) bond motifs is 3. The highest BCUT2D eigenvalue weighted by molar-refractivity contribution is 9.10. The van der Waals surface area contributed by atoms with Crippen LogP contribution in [0.1, 0.15) is 27.6 Å². The van der Waals surface area contributed by atoms with Crippen LogP contribution in [0.15, 0.2) is 20.7 Å². The number of rotatable bonds is 2. The summed E-state index contributed by atoms with van der Waals surface area (Å²) < 4.78 is 1.01. The Balaban J connectivity index is 1.83. The molecule has 4 rings (SSSR count). The summed E-state index contributed by atoms with van der Waals surface area (Å²) in [6, 6.07) is 1.98. The number of aromatic amines is 1. The fourth-order valence-electron chi connectivity index (χ4n) is 2.71. The quantitative estimate of drug-likeness (QED) is 0.640. The molecule has 112 valence electrons. The van der Waals surface area contributed by atoms with Crippen LogP contribution in [0.4, 0.5) is 0 Å². The Labute approximate surface area is 147 Å². The third-order valence-corrected chi connectivity index (χ3v) is 6.77. The molecule has 3 aromatic heterocycles. The molecule has 7 heteroatoms. The average Bonchev–Trinajstić information content (AvgIpc) is 3.13. The number of nitrogens with zero attached hydrogens (tertiary/aromatic N) is 1. The van der Waals surface area contributed by atoms with E-state index in [1.807, 2.05) is 17.5 Å². The second kappa shape index (κ2) is 5.60. The van der Waals surface area contributed by atoms with Crippen molar-refractivity contribution in [3.63, 3.8) is 0 Å². The number of hydrogen-bond donors (Lipinski definition) is 1. The molecule has 0 radical (unpaired) electrons. The van der Waals surface area contributed by atoms with E-state index >= 15 is 0 Å². The largest absolute Gasteiger partial charge is 0.305 e. The lowest BCUT2D eigenvalue weighted by Gasteiger charge is -1.99. The van der Waals surface area contributed by atoms with Crippen LogP contribution in [0.5, 0.6) is 0 Å². The summed E-state index contributed by atoms with van der Waals surface area (Å²) >= 11 is 13.0. The highest BCUT2D eigenvalue weighted by Crippen LogP contribution is 2.35. The van der Waals surface area contributed by atoms with Gasteiger partial charge >= 0.3 is 0 Å². The summed E-state index contributed by atoms with van der Waals surface area (Å²) in [6.45, 7) is 0. The van der Waals surface area contributed by atoms with Gasteiger partial charge in [0.2, 0.25) is 0 Å². The zero-order chi connectivity index (χ0) is 15.3. The van der Waals surface area contributed by atoms with Gasteiger partial charge in [-0.15, -0.1) is 22.7 Å². The molecule has 1 N–H and O–H groups in total. The monoisotopic (exact) mass is 412 g/mol. The minimum Gasteiger partial charge on any atom is -0.305 e. The van der Waals surface area contributed by atoms with E-state index in [0.717, 1.165) is 38.8 Å².